The number of carbonyl (C=O) groups excluding carboxylic acids is 1. The first-order chi connectivity index (χ1) is 9.49. The number of benzene rings is 1. The number of hydrogen-bond acceptors (Lipinski definition) is 3. The first kappa shape index (κ1) is 14.9. The van der Waals surface area contributed by atoms with E-state index in [1.54, 1.807) is 23.3 Å². The molecule has 1 aromatic carbocycles. The van der Waals surface area contributed by atoms with Crippen LogP contribution in [0.4, 0.5) is 0 Å². The Hall–Kier alpha value is -1.52. The number of likely N-dealkylation sites (N-methyl/N-ethyl adjacent to an activating group) is 1. The van der Waals surface area contributed by atoms with Crippen molar-refractivity contribution in [1.29, 1.82) is 0 Å². The highest BCUT2D eigenvalue weighted by Crippen LogP contribution is 2.23. The van der Waals surface area contributed by atoms with Gasteiger partial charge in [0.25, 0.3) is 5.91 Å². The minimum Gasteiger partial charge on any atom is -0.508 e. The van der Waals surface area contributed by atoms with Crippen LogP contribution < -0.4 is 0 Å². The van der Waals surface area contributed by atoms with Crippen molar-refractivity contribution in [3.63, 3.8) is 0 Å². The van der Waals surface area contributed by atoms with Gasteiger partial charge in [-0.1, -0.05) is 17.7 Å². The fraction of sp³-hybridized carbons (Fsp3) is 0.267. The molecule has 1 heterocycles. The Morgan fingerprint density at radius 2 is 2.20 bits per heavy atom. The number of rotatable bonds is 4. The Morgan fingerprint density at radius 3 is 2.85 bits per heavy atom. The van der Waals surface area contributed by atoms with Crippen LogP contribution in [0.1, 0.15) is 22.2 Å². The number of amides is 1. The zero-order valence-corrected chi connectivity index (χ0v) is 12.9. The third kappa shape index (κ3) is 3.32. The molecule has 1 atom stereocenters. The summed E-state index contributed by atoms with van der Waals surface area (Å²) >= 11 is 7.70. The predicted octanol–water partition coefficient (Wildman–Crippen LogP) is 3.81. The number of hydrogen-bond donors (Lipinski definition) is 1. The summed E-state index contributed by atoms with van der Waals surface area (Å²) in [5.74, 6) is -0.146. The Balaban J connectivity index is 2.13. The van der Waals surface area contributed by atoms with Crippen molar-refractivity contribution in [3.05, 3.63) is 51.2 Å². The van der Waals surface area contributed by atoms with E-state index >= 15 is 0 Å². The minimum absolute atomic E-state index is 0.0389. The summed E-state index contributed by atoms with van der Waals surface area (Å²) in [7, 11) is 1.75. The van der Waals surface area contributed by atoms with Crippen LogP contribution in [0.15, 0.2) is 35.7 Å². The molecule has 1 unspecified atom stereocenters. The van der Waals surface area contributed by atoms with Crippen LogP contribution in [0.25, 0.3) is 0 Å². The molecule has 0 saturated heterocycles. The molecule has 0 radical (unpaired) electrons. The predicted molar refractivity (Wildman–Crippen MR) is 82.7 cm³/mol. The van der Waals surface area contributed by atoms with Crippen molar-refractivity contribution in [3.8, 4) is 5.75 Å². The second-order valence-electron chi connectivity index (χ2n) is 4.71. The Kier molecular flexibility index (Phi) is 4.68. The maximum atomic E-state index is 12.4. The van der Waals surface area contributed by atoms with E-state index in [2.05, 4.69) is 6.07 Å². The summed E-state index contributed by atoms with van der Waals surface area (Å²) in [6.45, 7) is 1.99. The van der Waals surface area contributed by atoms with E-state index in [0.717, 1.165) is 6.42 Å². The smallest absolute Gasteiger partial charge is 0.255 e. The van der Waals surface area contributed by atoms with Gasteiger partial charge in [0.1, 0.15) is 5.75 Å². The summed E-state index contributed by atoms with van der Waals surface area (Å²) in [5.41, 5.74) is 0.326. The van der Waals surface area contributed by atoms with Crippen LogP contribution in [0, 0.1) is 0 Å². The van der Waals surface area contributed by atoms with E-state index < -0.39 is 0 Å². The maximum absolute atomic E-state index is 12.4. The number of phenols is 1. The van der Waals surface area contributed by atoms with Crippen LogP contribution in [0.3, 0.4) is 0 Å². The average molecular weight is 310 g/mol. The maximum Gasteiger partial charge on any atom is 0.255 e. The van der Waals surface area contributed by atoms with Crippen molar-refractivity contribution in [2.75, 3.05) is 7.05 Å². The molecule has 3 nitrogen and oxygen atoms in total. The molecule has 0 spiro atoms. The lowest BCUT2D eigenvalue weighted by Gasteiger charge is -2.25. The molecule has 0 aliphatic rings. The van der Waals surface area contributed by atoms with Crippen LogP contribution >= 0.6 is 22.9 Å². The largest absolute Gasteiger partial charge is 0.508 e. The molecule has 1 N–H and O–H groups in total. The molecule has 0 saturated carbocycles. The fourth-order valence-electron chi connectivity index (χ4n) is 1.92. The molecule has 0 aliphatic heterocycles. The summed E-state index contributed by atoms with van der Waals surface area (Å²) in [6, 6.07) is 8.51. The van der Waals surface area contributed by atoms with Gasteiger partial charge in [0.15, 0.2) is 0 Å². The Morgan fingerprint density at radius 1 is 1.45 bits per heavy atom. The first-order valence-electron chi connectivity index (χ1n) is 6.27. The van der Waals surface area contributed by atoms with Crippen LogP contribution in [0.2, 0.25) is 5.02 Å². The lowest BCUT2D eigenvalue weighted by Crippen LogP contribution is -2.36. The monoisotopic (exact) mass is 309 g/mol. The van der Waals surface area contributed by atoms with Crippen molar-refractivity contribution >= 4 is 28.8 Å². The Bertz CT molecular complexity index is 598. The summed E-state index contributed by atoms with van der Waals surface area (Å²) in [5, 5.41) is 11.9. The van der Waals surface area contributed by atoms with Crippen molar-refractivity contribution in [2.45, 2.75) is 19.4 Å². The molecule has 20 heavy (non-hydrogen) atoms. The highest BCUT2D eigenvalue weighted by atomic mass is 35.5. The SMILES string of the molecule is CC(Cc1cccs1)N(C)C(=O)c1cc(O)ccc1Cl. The number of nitrogens with zero attached hydrogens (tertiary/aromatic N) is 1. The highest BCUT2D eigenvalue weighted by molar-refractivity contribution is 7.09. The van der Waals surface area contributed by atoms with Gasteiger partial charge in [-0.05, 0) is 36.6 Å². The lowest BCUT2D eigenvalue weighted by molar-refractivity contribution is 0.0743. The minimum atomic E-state index is -0.185. The van der Waals surface area contributed by atoms with Crippen molar-refractivity contribution in [2.24, 2.45) is 0 Å². The van der Waals surface area contributed by atoms with Gasteiger partial charge in [-0.3, -0.25) is 4.79 Å². The molecule has 0 bridgehead atoms. The van der Waals surface area contributed by atoms with Gasteiger partial charge in [-0.15, -0.1) is 11.3 Å². The van der Waals surface area contributed by atoms with E-state index in [1.165, 1.54) is 23.1 Å². The molecule has 0 fully saturated rings. The number of phenolic OH excluding ortho intramolecular Hbond substituents is 1. The molecule has 0 aliphatic carbocycles. The van der Waals surface area contributed by atoms with Crippen molar-refractivity contribution < 1.29 is 9.90 Å². The highest BCUT2D eigenvalue weighted by Gasteiger charge is 2.20. The van der Waals surface area contributed by atoms with Gasteiger partial charge in [-0.2, -0.15) is 0 Å². The number of thiophene rings is 1. The summed E-state index contributed by atoms with van der Waals surface area (Å²) in [6.07, 6.45) is 0.802. The topological polar surface area (TPSA) is 40.5 Å². The van der Waals surface area contributed by atoms with Gasteiger partial charge in [0, 0.05) is 24.4 Å². The molecule has 2 rings (SSSR count). The van der Waals surface area contributed by atoms with Gasteiger partial charge in [-0.25, -0.2) is 0 Å². The molecular weight excluding hydrogens is 294 g/mol. The van der Waals surface area contributed by atoms with E-state index in [0.29, 0.717) is 10.6 Å². The molecule has 1 aromatic heterocycles. The van der Waals surface area contributed by atoms with E-state index in [-0.39, 0.29) is 17.7 Å². The van der Waals surface area contributed by atoms with E-state index in [4.69, 9.17) is 11.6 Å². The molecule has 5 heteroatoms. The van der Waals surface area contributed by atoms with Gasteiger partial charge >= 0.3 is 0 Å². The van der Waals surface area contributed by atoms with Crippen LogP contribution in [0.5, 0.6) is 5.75 Å². The average Bonchev–Trinajstić information content (AvgIpc) is 2.92. The molecule has 106 valence electrons. The van der Waals surface area contributed by atoms with Gasteiger partial charge in [0.05, 0.1) is 10.6 Å². The van der Waals surface area contributed by atoms with E-state index in [1.807, 2.05) is 18.4 Å². The standard InChI is InChI=1S/C15H16ClNO2S/c1-10(8-12-4-3-7-20-12)17(2)15(19)13-9-11(18)5-6-14(13)16/h3-7,9-10,18H,8H2,1-2H3. The quantitative estimate of drug-likeness (QED) is 0.933. The van der Waals surface area contributed by atoms with Crippen LogP contribution in [-0.4, -0.2) is 29.0 Å². The molecule has 1 amide bonds. The number of carbonyl (C=O) groups is 1. The van der Waals surface area contributed by atoms with Gasteiger partial charge < -0.3 is 10.0 Å². The number of aromatic hydroxyl groups is 1. The fourth-order valence-corrected chi connectivity index (χ4v) is 2.95. The lowest BCUT2D eigenvalue weighted by atomic mass is 10.1. The summed E-state index contributed by atoms with van der Waals surface area (Å²) < 4.78 is 0. The van der Waals surface area contributed by atoms with E-state index in [9.17, 15) is 9.90 Å². The second kappa shape index (κ2) is 6.29. The van der Waals surface area contributed by atoms with Crippen LogP contribution in [-0.2, 0) is 6.42 Å². The zero-order chi connectivity index (χ0) is 14.7. The molecular formula is C15H16ClNO2S. The number of halogens is 1. The first-order valence-corrected chi connectivity index (χ1v) is 7.53. The third-order valence-corrected chi connectivity index (χ3v) is 4.47. The third-order valence-electron chi connectivity index (χ3n) is 3.24. The summed E-state index contributed by atoms with van der Waals surface area (Å²) in [4.78, 5) is 15.3. The zero-order valence-electron chi connectivity index (χ0n) is 11.3. The Labute approximate surface area is 127 Å². The molecule has 2 aromatic rings. The van der Waals surface area contributed by atoms with Gasteiger partial charge in [0.2, 0.25) is 0 Å². The second-order valence-corrected chi connectivity index (χ2v) is 6.15. The normalized spacial score (nSPS) is 12.2. The van der Waals surface area contributed by atoms with Crippen molar-refractivity contribution in [1.82, 2.24) is 4.90 Å².